The number of aryl methyl sites for hydroxylation is 2. The lowest BCUT2D eigenvalue weighted by Crippen LogP contribution is -2.39. The van der Waals surface area contributed by atoms with E-state index in [2.05, 4.69) is 5.32 Å². The number of nitrogens with one attached hydrogen (secondary N) is 1. The fourth-order valence-corrected chi connectivity index (χ4v) is 1.77. The minimum Gasteiger partial charge on any atom is -0.618 e. The SMILES string of the molecule is CCc1cc(C)c[n+]([O-])c1CNC(=O)OC(C)(C)C. The summed E-state index contributed by atoms with van der Waals surface area (Å²) in [4.78, 5) is 11.6. The van der Waals surface area contributed by atoms with E-state index >= 15 is 0 Å². The molecule has 19 heavy (non-hydrogen) atoms. The van der Waals surface area contributed by atoms with Gasteiger partial charge in [-0.3, -0.25) is 0 Å². The number of alkyl carbamates (subject to hydrolysis) is 1. The van der Waals surface area contributed by atoms with Crippen LogP contribution < -0.4 is 10.0 Å². The number of hydrogen-bond acceptors (Lipinski definition) is 3. The predicted molar refractivity (Wildman–Crippen MR) is 72.6 cm³/mol. The number of aromatic nitrogens is 1. The van der Waals surface area contributed by atoms with Gasteiger partial charge < -0.3 is 15.3 Å². The summed E-state index contributed by atoms with van der Waals surface area (Å²) in [5, 5.41) is 14.5. The lowest BCUT2D eigenvalue weighted by atomic mass is 10.1. The van der Waals surface area contributed by atoms with E-state index in [9.17, 15) is 10.0 Å². The molecule has 0 saturated carbocycles. The molecule has 0 unspecified atom stereocenters. The van der Waals surface area contributed by atoms with Gasteiger partial charge in [-0.05, 0) is 40.2 Å². The molecule has 0 aliphatic carbocycles. The highest BCUT2D eigenvalue weighted by Gasteiger charge is 2.18. The average molecular weight is 266 g/mol. The normalized spacial score (nSPS) is 11.2. The van der Waals surface area contributed by atoms with Gasteiger partial charge in [0.15, 0.2) is 6.20 Å². The van der Waals surface area contributed by atoms with E-state index < -0.39 is 11.7 Å². The second kappa shape index (κ2) is 5.91. The van der Waals surface area contributed by atoms with Crippen LogP contribution in [0.5, 0.6) is 0 Å². The van der Waals surface area contributed by atoms with Crippen LogP contribution in [0, 0.1) is 12.1 Å². The molecular formula is C14H22N2O3. The molecule has 0 atom stereocenters. The van der Waals surface area contributed by atoms with Gasteiger partial charge in [0.2, 0.25) is 5.69 Å². The standard InChI is InChI=1S/C14H22N2O3/c1-6-11-7-10(2)9-16(18)12(11)8-15-13(17)19-14(3,4)5/h7,9H,6,8H2,1-5H3,(H,15,17). The van der Waals surface area contributed by atoms with E-state index in [1.807, 2.05) is 19.9 Å². The smallest absolute Gasteiger partial charge is 0.408 e. The van der Waals surface area contributed by atoms with Crippen molar-refractivity contribution < 1.29 is 14.3 Å². The van der Waals surface area contributed by atoms with Gasteiger partial charge in [-0.25, -0.2) is 4.79 Å². The van der Waals surface area contributed by atoms with Crippen LogP contribution in [0.25, 0.3) is 0 Å². The van der Waals surface area contributed by atoms with Crippen molar-refractivity contribution in [1.82, 2.24) is 5.32 Å². The molecule has 0 fully saturated rings. The molecule has 0 aliphatic rings. The second-order valence-corrected chi connectivity index (χ2v) is 5.52. The summed E-state index contributed by atoms with van der Waals surface area (Å²) in [6.07, 6.45) is 1.73. The van der Waals surface area contributed by atoms with Crippen molar-refractivity contribution in [2.75, 3.05) is 0 Å². The average Bonchev–Trinajstić information content (AvgIpc) is 2.24. The Morgan fingerprint density at radius 1 is 1.47 bits per heavy atom. The minimum atomic E-state index is -0.543. The first-order chi connectivity index (χ1) is 8.73. The van der Waals surface area contributed by atoms with Crippen molar-refractivity contribution in [1.29, 1.82) is 0 Å². The molecule has 1 heterocycles. The zero-order valence-corrected chi connectivity index (χ0v) is 12.2. The van der Waals surface area contributed by atoms with E-state index in [1.54, 1.807) is 20.8 Å². The van der Waals surface area contributed by atoms with Gasteiger partial charge in [-0.1, -0.05) is 6.92 Å². The van der Waals surface area contributed by atoms with Crippen molar-refractivity contribution in [2.24, 2.45) is 0 Å². The Morgan fingerprint density at radius 2 is 2.11 bits per heavy atom. The molecule has 106 valence electrons. The van der Waals surface area contributed by atoms with Crippen molar-refractivity contribution in [3.8, 4) is 0 Å². The van der Waals surface area contributed by atoms with Crippen molar-refractivity contribution >= 4 is 6.09 Å². The van der Waals surface area contributed by atoms with Gasteiger partial charge in [0, 0.05) is 11.1 Å². The third-order valence-electron chi connectivity index (χ3n) is 2.54. The van der Waals surface area contributed by atoms with Gasteiger partial charge in [0.25, 0.3) is 0 Å². The Morgan fingerprint density at radius 3 is 2.63 bits per heavy atom. The van der Waals surface area contributed by atoms with Crippen LogP contribution in [-0.2, 0) is 17.7 Å². The molecule has 1 amide bonds. The largest absolute Gasteiger partial charge is 0.618 e. The molecular weight excluding hydrogens is 244 g/mol. The van der Waals surface area contributed by atoms with Crippen LogP contribution in [0.15, 0.2) is 12.3 Å². The summed E-state index contributed by atoms with van der Waals surface area (Å²) in [5.41, 5.74) is 1.86. The molecule has 0 spiro atoms. The first-order valence-corrected chi connectivity index (χ1v) is 6.41. The summed E-state index contributed by atoms with van der Waals surface area (Å²) in [6, 6.07) is 1.96. The number of carbonyl (C=O) groups excluding carboxylic acids is 1. The summed E-state index contributed by atoms with van der Waals surface area (Å²) in [6.45, 7) is 9.41. The van der Waals surface area contributed by atoms with Gasteiger partial charge in [0.05, 0.1) is 0 Å². The Balaban J connectivity index is 2.75. The Bertz CT molecular complexity index is 464. The topological polar surface area (TPSA) is 65.3 Å². The summed E-state index contributed by atoms with van der Waals surface area (Å²) < 4.78 is 5.95. The molecule has 1 aromatic heterocycles. The fraction of sp³-hybridized carbons (Fsp3) is 0.571. The zero-order chi connectivity index (χ0) is 14.6. The van der Waals surface area contributed by atoms with Gasteiger partial charge >= 0.3 is 6.09 Å². The van der Waals surface area contributed by atoms with Gasteiger partial charge in [-0.15, -0.1) is 0 Å². The van der Waals surface area contributed by atoms with Crippen LogP contribution in [0.4, 0.5) is 4.79 Å². The van der Waals surface area contributed by atoms with E-state index in [1.165, 1.54) is 6.20 Å². The van der Waals surface area contributed by atoms with Gasteiger partial charge in [-0.2, -0.15) is 4.73 Å². The predicted octanol–water partition coefficient (Wildman–Crippen LogP) is 2.22. The number of pyridine rings is 1. The Labute approximate surface area is 114 Å². The highest BCUT2D eigenvalue weighted by molar-refractivity contribution is 5.67. The third kappa shape index (κ3) is 4.77. The maximum atomic E-state index is 11.8. The van der Waals surface area contributed by atoms with Crippen LogP contribution in [0.3, 0.4) is 0 Å². The molecule has 0 bridgehead atoms. The molecule has 0 aliphatic heterocycles. The van der Waals surface area contributed by atoms with E-state index in [-0.39, 0.29) is 6.54 Å². The van der Waals surface area contributed by atoms with Crippen LogP contribution in [-0.4, -0.2) is 11.7 Å². The quantitative estimate of drug-likeness (QED) is 0.674. The summed E-state index contributed by atoms with van der Waals surface area (Å²) in [7, 11) is 0. The number of hydrogen-bond donors (Lipinski definition) is 1. The molecule has 1 aromatic rings. The monoisotopic (exact) mass is 266 g/mol. The summed E-state index contributed by atoms with van der Waals surface area (Å²) in [5.74, 6) is 0. The van der Waals surface area contributed by atoms with E-state index in [0.717, 1.165) is 22.3 Å². The van der Waals surface area contributed by atoms with Crippen LogP contribution in [0.1, 0.15) is 44.5 Å². The highest BCUT2D eigenvalue weighted by Crippen LogP contribution is 2.09. The van der Waals surface area contributed by atoms with Crippen molar-refractivity contribution in [3.05, 3.63) is 34.3 Å². The second-order valence-electron chi connectivity index (χ2n) is 5.52. The molecule has 1 N–H and O–H groups in total. The maximum Gasteiger partial charge on any atom is 0.408 e. The summed E-state index contributed by atoms with van der Waals surface area (Å²) >= 11 is 0. The van der Waals surface area contributed by atoms with Crippen molar-refractivity contribution in [3.63, 3.8) is 0 Å². The fourth-order valence-electron chi connectivity index (χ4n) is 1.77. The van der Waals surface area contributed by atoms with Gasteiger partial charge in [0.1, 0.15) is 12.1 Å². The Kier molecular flexibility index (Phi) is 4.75. The number of carbonyl (C=O) groups is 1. The Hall–Kier alpha value is -1.78. The van der Waals surface area contributed by atoms with Crippen molar-refractivity contribution in [2.45, 2.75) is 53.2 Å². The van der Waals surface area contributed by atoms with E-state index in [0.29, 0.717) is 5.69 Å². The number of rotatable bonds is 3. The molecule has 1 rings (SSSR count). The van der Waals surface area contributed by atoms with E-state index in [4.69, 9.17) is 4.74 Å². The molecule has 5 heteroatoms. The molecule has 0 saturated heterocycles. The number of amides is 1. The van der Waals surface area contributed by atoms with Crippen LogP contribution in [0.2, 0.25) is 0 Å². The first kappa shape index (κ1) is 15.3. The number of ether oxygens (including phenoxy) is 1. The number of nitrogens with zero attached hydrogens (tertiary/aromatic N) is 1. The van der Waals surface area contributed by atoms with Crippen LogP contribution >= 0.6 is 0 Å². The lowest BCUT2D eigenvalue weighted by Gasteiger charge is -2.19. The third-order valence-corrected chi connectivity index (χ3v) is 2.54. The maximum absolute atomic E-state index is 11.8. The lowest BCUT2D eigenvalue weighted by molar-refractivity contribution is -0.615. The highest BCUT2D eigenvalue weighted by atomic mass is 16.6. The minimum absolute atomic E-state index is 0.169. The molecule has 0 radical (unpaired) electrons. The molecule has 0 aromatic carbocycles. The first-order valence-electron chi connectivity index (χ1n) is 6.41. The molecule has 5 nitrogen and oxygen atoms in total. The zero-order valence-electron chi connectivity index (χ0n) is 12.2.